The summed E-state index contributed by atoms with van der Waals surface area (Å²) in [6.07, 6.45) is 2.95. The maximum absolute atomic E-state index is 11.9. The molecule has 10 nitrogen and oxygen atoms in total. The molecule has 0 bridgehead atoms. The first-order chi connectivity index (χ1) is 9.56. The molecule has 0 atom stereocenters. The van der Waals surface area contributed by atoms with Crippen LogP contribution < -0.4 is 5.56 Å². The number of esters is 1. The Morgan fingerprint density at radius 2 is 2.30 bits per heavy atom. The van der Waals surface area contributed by atoms with Crippen molar-refractivity contribution in [3.8, 4) is 5.69 Å². The Labute approximate surface area is 111 Å². The normalized spacial score (nSPS) is 9.90. The molecule has 20 heavy (non-hydrogen) atoms. The van der Waals surface area contributed by atoms with Gasteiger partial charge in [-0.2, -0.15) is 14.9 Å². The number of methoxy groups -OCH3 is 1. The van der Waals surface area contributed by atoms with Crippen LogP contribution in [0.25, 0.3) is 16.1 Å². The van der Waals surface area contributed by atoms with Crippen LogP contribution in [-0.2, 0) is 11.8 Å². The van der Waals surface area contributed by atoms with Crippen LogP contribution >= 0.6 is 0 Å². The molecule has 10 heteroatoms. The van der Waals surface area contributed by atoms with Gasteiger partial charge < -0.3 is 4.74 Å². The molecular weight excluding hydrogens is 266 g/mol. The van der Waals surface area contributed by atoms with E-state index in [1.165, 1.54) is 10.9 Å². The fraction of sp³-hybridized carbons (Fsp3) is 0.200. The van der Waals surface area contributed by atoms with Crippen LogP contribution in [0.4, 0.5) is 5.69 Å². The number of aromatic nitrogens is 4. The van der Waals surface area contributed by atoms with E-state index >= 15 is 0 Å². The highest BCUT2D eigenvalue weighted by atomic mass is 16.5. The molecule has 0 aliphatic rings. The van der Waals surface area contributed by atoms with Gasteiger partial charge in [0.2, 0.25) is 0 Å². The van der Waals surface area contributed by atoms with Gasteiger partial charge in [0, 0.05) is 18.0 Å². The molecule has 102 valence electrons. The fourth-order valence-corrected chi connectivity index (χ4v) is 1.52. The van der Waals surface area contributed by atoms with Crippen LogP contribution in [-0.4, -0.2) is 32.6 Å². The zero-order valence-corrected chi connectivity index (χ0v) is 10.6. The number of hydrogen-bond acceptors (Lipinski definition) is 6. The molecule has 0 saturated heterocycles. The van der Waals surface area contributed by atoms with Crippen molar-refractivity contribution in [3.63, 3.8) is 0 Å². The van der Waals surface area contributed by atoms with Gasteiger partial charge in [0.25, 0.3) is 5.56 Å². The molecule has 2 aromatic heterocycles. The summed E-state index contributed by atoms with van der Waals surface area (Å²) >= 11 is 0. The molecule has 0 aromatic carbocycles. The lowest BCUT2D eigenvalue weighted by Gasteiger charge is -2.05. The van der Waals surface area contributed by atoms with Gasteiger partial charge in [-0.05, 0) is 5.53 Å². The number of aryl methyl sites for hydroxylation is 1. The SMILES string of the molecule is COC(=O)c1nn(-c2cnn(C)c2)c(=O)cc1N=[N+]=[N-]. The summed E-state index contributed by atoms with van der Waals surface area (Å²) in [5.74, 6) is -0.815. The van der Waals surface area contributed by atoms with E-state index in [1.807, 2.05) is 0 Å². The largest absolute Gasteiger partial charge is 0.464 e. The summed E-state index contributed by atoms with van der Waals surface area (Å²) < 4.78 is 6.98. The van der Waals surface area contributed by atoms with Crippen molar-refractivity contribution in [1.82, 2.24) is 19.6 Å². The zero-order chi connectivity index (χ0) is 14.7. The molecule has 0 aliphatic heterocycles. The second-order valence-corrected chi connectivity index (χ2v) is 3.68. The van der Waals surface area contributed by atoms with Gasteiger partial charge in [0.1, 0.15) is 5.69 Å². The van der Waals surface area contributed by atoms with Gasteiger partial charge in [-0.15, -0.1) is 0 Å². The van der Waals surface area contributed by atoms with Crippen LogP contribution in [0.1, 0.15) is 10.5 Å². The van der Waals surface area contributed by atoms with Crippen LogP contribution in [0.2, 0.25) is 0 Å². The molecule has 0 spiro atoms. The number of carbonyl (C=O) groups excluding carboxylic acids is 1. The lowest BCUT2D eigenvalue weighted by Crippen LogP contribution is -2.23. The van der Waals surface area contributed by atoms with E-state index < -0.39 is 11.5 Å². The Morgan fingerprint density at radius 1 is 1.55 bits per heavy atom. The minimum Gasteiger partial charge on any atom is -0.464 e. The predicted molar refractivity (Wildman–Crippen MR) is 66.7 cm³/mol. The molecule has 0 amide bonds. The molecule has 2 aromatic rings. The molecule has 0 aliphatic carbocycles. The average Bonchev–Trinajstić information content (AvgIpc) is 2.85. The highest BCUT2D eigenvalue weighted by Gasteiger charge is 2.17. The number of azide groups is 1. The number of carbonyl (C=O) groups is 1. The molecule has 0 N–H and O–H groups in total. The third-order valence-corrected chi connectivity index (χ3v) is 2.38. The summed E-state index contributed by atoms with van der Waals surface area (Å²) in [5, 5.41) is 11.0. The molecule has 0 fully saturated rings. The van der Waals surface area contributed by atoms with E-state index in [2.05, 4.69) is 25.0 Å². The number of rotatable bonds is 3. The van der Waals surface area contributed by atoms with Crippen molar-refractivity contribution in [2.45, 2.75) is 0 Å². The highest BCUT2D eigenvalue weighted by molar-refractivity contribution is 5.92. The van der Waals surface area contributed by atoms with Crippen molar-refractivity contribution >= 4 is 11.7 Å². The van der Waals surface area contributed by atoms with E-state index in [-0.39, 0.29) is 11.4 Å². The van der Waals surface area contributed by atoms with E-state index in [4.69, 9.17) is 5.53 Å². The number of nitrogens with zero attached hydrogens (tertiary/aromatic N) is 7. The number of ether oxygens (including phenoxy) is 1. The smallest absolute Gasteiger partial charge is 0.359 e. The minimum atomic E-state index is -0.815. The summed E-state index contributed by atoms with van der Waals surface area (Å²) in [5.41, 5.74) is 7.80. The first kappa shape index (κ1) is 13.3. The van der Waals surface area contributed by atoms with Crippen molar-refractivity contribution in [1.29, 1.82) is 0 Å². The first-order valence-corrected chi connectivity index (χ1v) is 5.33. The Kier molecular flexibility index (Phi) is 3.49. The maximum Gasteiger partial charge on any atom is 0.359 e. The molecule has 2 heterocycles. The van der Waals surface area contributed by atoms with Crippen LogP contribution in [0.5, 0.6) is 0 Å². The first-order valence-electron chi connectivity index (χ1n) is 5.33. The van der Waals surface area contributed by atoms with Crippen molar-refractivity contribution in [2.24, 2.45) is 12.2 Å². The zero-order valence-electron chi connectivity index (χ0n) is 10.6. The third-order valence-electron chi connectivity index (χ3n) is 2.38. The number of hydrogen-bond donors (Lipinski definition) is 0. The Hall–Kier alpha value is -3.13. The maximum atomic E-state index is 11.9. The monoisotopic (exact) mass is 275 g/mol. The Balaban J connectivity index is 2.69. The summed E-state index contributed by atoms with van der Waals surface area (Å²) in [4.78, 5) is 26.1. The van der Waals surface area contributed by atoms with E-state index in [1.54, 1.807) is 13.2 Å². The Morgan fingerprint density at radius 3 is 2.85 bits per heavy atom. The standard InChI is InChI=1S/C10H9N7O3/c1-16-5-6(4-12-16)17-8(18)3-7(13-15-11)9(14-17)10(19)20-2/h3-5H,1-2H3. The van der Waals surface area contributed by atoms with Crippen molar-refractivity contribution < 1.29 is 9.53 Å². The van der Waals surface area contributed by atoms with Crippen molar-refractivity contribution in [3.05, 3.63) is 45.0 Å². The lowest BCUT2D eigenvalue weighted by atomic mass is 10.3. The topological polar surface area (TPSA) is 128 Å². The molecule has 0 unspecified atom stereocenters. The third kappa shape index (κ3) is 2.35. The second kappa shape index (κ2) is 5.24. The van der Waals surface area contributed by atoms with Gasteiger partial charge >= 0.3 is 5.97 Å². The van der Waals surface area contributed by atoms with Crippen LogP contribution in [0.3, 0.4) is 0 Å². The van der Waals surface area contributed by atoms with Crippen LogP contribution in [0, 0.1) is 0 Å². The van der Waals surface area contributed by atoms with E-state index in [0.29, 0.717) is 5.69 Å². The molecule has 0 saturated carbocycles. The fourth-order valence-electron chi connectivity index (χ4n) is 1.52. The molecule has 2 rings (SSSR count). The summed E-state index contributed by atoms with van der Waals surface area (Å²) in [7, 11) is 2.83. The minimum absolute atomic E-state index is 0.190. The van der Waals surface area contributed by atoms with Gasteiger partial charge in [-0.1, -0.05) is 5.11 Å². The lowest BCUT2D eigenvalue weighted by molar-refractivity contribution is 0.0593. The van der Waals surface area contributed by atoms with Gasteiger partial charge in [-0.3, -0.25) is 9.48 Å². The quantitative estimate of drug-likeness (QED) is 0.352. The van der Waals surface area contributed by atoms with Gasteiger partial charge in [-0.25, -0.2) is 4.79 Å². The molecular formula is C10H9N7O3. The van der Waals surface area contributed by atoms with E-state index in [0.717, 1.165) is 17.9 Å². The van der Waals surface area contributed by atoms with Crippen LogP contribution in [0.15, 0.2) is 28.4 Å². The van der Waals surface area contributed by atoms with Gasteiger partial charge in [0.15, 0.2) is 5.69 Å². The van der Waals surface area contributed by atoms with Crippen molar-refractivity contribution in [2.75, 3.05) is 7.11 Å². The summed E-state index contributed by atoms with van der Waals surface area (Å²) in [6.45, 7) is 0. The second-order valence-electron chi connectivity index (χ2n) is 3.68. The average molecular weight is 275 g/mol. The Bertz CT molecular complexity index is 769. The van der Waals surface area contributed by atoms with E-state index in [9.17, 15) is 9.59 Å². The highest BCUT2D eigenvalue weighted by Crippen LogP contribution is 2.16. The summed E-state index contributed by atoms with van der Waals surface area (Å²) in [6, 6.07) is 1.01. The predicted octanol–water partition coefficient (Wildman–Crippen LogP) is 0.694. The van der Waals surface area contributed by atoms with Gasteiger partial charge in [0.05, 0.1) is 25.2 Å². The molecule has 0 radical (unpaired) electrons.